The summed E-state index contributed by atoms with van der Waals surface area (Å²) in [5.41, 5.74) is 16.0. The molecule has 0 aliphatic rings. The Balaban J connectivity index is 2.32. The second kappa shape index (κ2) is 4.14. The topological polar surface area (TPSA) is 64.1 Å². The first-order chi connectivity index (χ1) is 7.66. The van der Waals surface area contributed by atoms with Crippen LogP contribution in [0.5, 0.6) is 0 Å². The van der Waals surface area contributed by atoms with Crippen molar-refractivity contribution in [1.82, 2.24) is 0 Å². The lowest BCUT2D eigenvalue weighted by Crippen LogP contribution is -1.99. The molecule has 2 rings (SSSR count). The maximum absolute atomic E-state index is 5.90. The van der Waals surface area contributed by atoms with E-state index in [4.69, 9.17) is 11.5 Å². The van der Waals surface area contributed by atoms with Gasteiger partial charge >= 0.3 is 0 Å². The summed E-state index contributed by atoms with van der Waals surface area (Å²) in [5.74, 6) is 0. The summed E-state index contributed by atoms with van der Waals surface area (Å²) in [4.78, 5) is 0. The maximum Gasteiger partial charge on any atom is 0.0622 e. The Bertz CT molecular complexity index is 492. The van der Waals surface area contributed by atoms with Crippen LogP contribution in [0.3, 0.4) is 0 Å². The van der Waals surface area contributed by atoms with Crippen molar-refractivity contribution in [3.8, 4) is 0 Å². The van der Waals surface area contributed by atoms with Gasteiger partial charge in [0, 0.05) is 11.4 Å². The molecule has 3 nitrogen and oxygen atoms in total. The first-order valence-corrected chi connectivity index (χ1v) is 5.14. The van der Waals surface area contributed by atoms with E-state index < -0.39 is 0 Å². The predicted molar refractivity (Wildman–Crippen MR) is 69.7 cm³/mol. The molecule has 0 heterocycles. The lowest BCUT2D eigenvalue weighted by molar-refractivity contribution is 1.45. The Kier molecular flexibility index (Phi) is 2.68. The molecular formula is C13H15N3. The van der Waals surface area contributed by atoms with E-state index in [-0.39, 0.29) is 0 Å². The van der Waals surface area contributed by atoms with Gasteiger partial charge in [0.25, 0.3) is 0 Å². The highest BCUT2D eigenvalue weighted by atomic mass is 14.9. The number of anilines is 4. The van der Waals surface area contributed by atoms with Crippen LogP contribution in [0.4, 0.5) is 22.7 Å². The number of nitrogens with two attached hydrogens (primary N) is 2. The van der Waals surface area contributed by atoms with Crippen LogP contribution < -0.4 is 16.8 Å². The summed E-state index contributed by atoms with van der Waals surface area (Å²) in [5, 5.41) is 3.26. The number of nitrogen functional groups attached to an aromatic ring is 2. The Morgan fingerprint density at radius 2 is 1.62 bits per heavy atom. The van der Waals surface area contributed by atoms with E-state index in [1.165, 1.54) is 0 Å². The minimum atomic E-state index is 0.659. The smallest absolute Gasteiger partial charge is 0.0622 e. The predicted octanol–water partition coefficient (Wildman–Crippen LogP) is 2.90. The molecule has 82 valence electrons. The molecule has 0 spiro atoms. The SMILES string of the molecule is Cc1cc(Nc2ccccc2)c(N)cc1N. The zero-order valence-corrected chi connectivity index (χ0v) is 9.20. The van der Waals surface area contributed by atoms with Crippen LogP contribution in [0.1, 0.15) is 5.56 Å². The molecule has 0 unspecified atom stereocenters. The molecule has 0 saturated carbocycles. The zero-order chi connectivity index (χ0) is 11.5. The zero-order valence-electron chi connectivity index (χ0n) is 9.20. The van der Waals surface area contributed by atoms with Crippen LogP contribution >= 0.6 is 0 Å². The number of rotatable bonds is 2. The van der Waals surface area contributed by atoms with Crippen LogP contribution in [0.15, 0.2) is 42.5 Å². The summed E-state index contributed by atoms with van der Waals surface area (Å²) in [7, 11) is 0. The van der Waals surface area contributed by atoms with Crippen molar-refractivity contribution < 1.29 is 0 Å². The van der Waals surface area contributed by atoms with Crippen LogP contribution in [-0.4, -0.2) is 0 Å². The van der Waals surface area contributed by atoms with Crippen molar-refractivity contribution in [1.29, 1.82) is 0 Å². The largest absolute Gasteiger partial charge is 0.398 e. The highest BCUT2D eigenvalue weighted by molar-refractivity contribution is 5.77. The third-order valence-electron chi connectivity index (χ3n) is 2.49. The fraction of sp³-hybridized carbons (Fsp3) is 0.0769. The Morgan fingerprint density at radius 3 is 2.31 bits per heavy atom. The van der Waals surface area contributed by atoms with E-state index in [0.29, 0.717) is 5.69 Å². The average molecular weight is 213 g/mol. The van der Waals surface area contributed by atoms with Gasteiger partial charge in [0.05, 0.1) is 11.4 Å². The first-order valence-electron chi connectivity index (χ1n) is 5.14. The molecule has 0 aliphatic heterocycles. The summed E-state index contributed by atoms with van der Waals surface area (Å²) >= 11 is 0. The first kappa shape index (κ1) is 10.4. The van der Waals surface area contributed by atoms with Gasteiger partial charge < -0.3 is 16.8 Å². The summed E-state index contributed by atoms with van der Waals surface area (Å²) in [6, 6.07) is 13.6. The molecule has 0 fully saturated rings. The van der Waals surface area contributed by atoms with Gasteiger partial charge in [0.1, 0.15) is 0 Å². The average Bonchev–Trinajstić information content (AvgIpc) is 2.27. The molecule has 3 heteroatoms. The molecule has 0 bridgehead atoms. The van der Waals surface area contributed by atoms with Crippen molar-refractivity contribution in [2.75, 3.05) is 16.8 Å². The molecule has 2 aromatic rings. The Hall–Kier alpha value is -2.16. The molecule has 0 aliphatic carbocycles. The molecule has 0 amide bonds. The van der Waals surface area contributed by atoms with Crippen molar-refractivity contribution in [2.24, 2.45) is 0 Å². The quantitative estimate of drug-likeness (QED) is 0.672. The van der Waals surface area contributed by atoms with E-state index >= 15 is 0 Å². The fourth-order valence-electron chi connectivity index (χ4n) is 1.53. The van der Waals surface area contributed by atoms with Crippen LogP contribution in [0.25, 0.3) is 0 Å². The number of para-hydroxylation sites is 1. The second-order valence-corrected chi connectivity index (χ2v) is 3.79. The van der Waals surface area contributed by atoms with Gasteiger partial charge in [-0.3, -0.25) is 0 Å². The molecule has 0 radical (unpaired) electrons. The van der Waals surface area contributed by atoms with Crippen LogP contribution in [-0.2, 0) is 0 Å². The lowest BCUT2D eigenvalue weighted by Gasteiger charge is -2.11. The van der Waals surface area contributed by atoms with Crippen molar-refractivity contribution in [3.63, 3.8) is 0 Å². The van der Waals surface area contributed by atoms with E-state index in [1.807, 2.05) is 43.3 Å². The normalized spacial score (nSPS) is 10.1. The minimum Gasteiger partial charge on any atom is -0.398 e. The highest BCUT2D eigenvalue weighted by Crippen LogP contribution is 2.27. The number of benzene rings is 2. The second-order valence-electron chi connectivity index (χ2n) is 3.79. The highest BCUT2D eigenvalue weighted by Gasteiger charge is 2.02. The van der Waals surface area contributed by atoms with E-state index in [9.17, 15) is 0 Å². The number of aryl methyl sites for hydroxylation is 1. The third kappa shape index (κ3) is 2.08. The number of hydrogen-bond donors (Lipinski definition) is 3. The molecule has 0 aromatic heterocycles. The third-order valence-corrected chi connectivity index (χ3v) is 2.49. The summed E-state index contributed by atoms with van der Waals surface area (Å²) < 4.78 is 0. The van der Waals surface area contributed by atoms with Gasteiger partial charge in [-0.05, 0) is 36.8 Å². The van der Waals surface area contributed by atoms with Gasteiger partial charge in [0.15, 0.2) is 0 Å². The van der Waals surface area contributed by atoms with E-state index in [0.717, 1.165) is 22.6 Å². The number of nitrogens with one attached hydrogen (secondary N) is 1. The molecule has 5 N–H and O–H groups in total. The van der Waals surface area contributed by atoms with E-state index in [2.05, 4.69) is 5.32 Å². The minimum absolute atomic E-state index is 0.659. The summed E-state index contributed by atoms with van der Waals surface area (Å²) in [6.07, 6.45) is 0. The van der Waals surface area contributed by atoms with Gasteiger partial charge in [-0.1, -0.05) is 18.2 Å². The van der Waals surface area contributed by atoms with Crippen molar-refractivity contribution >= 4 is 22.7 Å². The molecular weight excluding hydrogens is 198 g/mol. The monoisotopic (exact) mass is 213 g/mol. The number of hydrogen-bond acceptors (Lipinski definition) is 3. The summed E-state index contributed by atoms with van der Waals surface area (Å²) in [6.45, 7) is 1.96. The Morgan fingerprint density at radius 1 is 0.938 bits per heavy atom. The standard InChI is InChI=1S/C13H15N3/c1-9-7-13(12(15)8-11(9)14)16-10-5-3-2-4-6-10/h2-8,16H,14-15H2,1H3. The maximum atomic E-state index is 5.90. The lowest BCUT2D eigenvalue weighted by atomic mass is 10.1. The molecule has 16 heavy (non-hydrogen) atoms. The Labute approximate surface area is 95.1 Å². The molecule has 2 aromatic carbocycles. The molecule has 0 saturated heterocycles. The van der Waals surface area contributed by atoms with Crippen molar-refractivity contribution in [2.45, 2.75) is 6.92 Å². The molecule has 0 atom stereocenters. The van der Waals surface area contributed by atoms with Crippen LogP contribution in [0.2, 0.25) is 0 Å². The van der Waals surface area contributed by atoms with Gasteiger partial charge in [0.2, 0.25) is 0 Å². The van der Waals surface area contributed by atoms with E-state index in [1.54, 1.807) is 6.07 Å². The fourth-order valence-corrected chi connectivity index (χ4v) is 1.53. The van der Waals surface area contributed by atoms with Gasteiger partial charge in [-0.2, -0.15) is 0 Å². The van der Waals surface area contributed by atoms with Crippen LogP contribution in [0, 0.1) is 6.92 Å². The van der Waals surface area contributed by atoms with Gasteiger partial charge in [-0.15, -0.1) is 0 Å². The van der Waals surface area contributed by atoms with Gasteiger partial charge in [-0.25, -0.2) is 0 Å². The van der Waals surface area contributed by atoms with Crippen molar-refractivity contribution in [3.05, 3.63) is 48.0 Å².